The molecule has 1 saturated heterocycles. The summed E-state index contributed by atoms with van der Waals surface area (Å²) in [5.41, 5.74) is 0.795. The zero-order valence-corrected chi connectivity index (χ0v) is 15.8. The number of rotatable bonds is 6. The maximum absolute atomic E-state index is 12.5. The molecule has 3 heterocycles. The van der Waals surface area contributed by atoms with E-state index in [0.29, 0.717) is 5.89 Å². The van der Waals surface area contributed by atoms with Gasteiger partial charge >= 0.3 is 0 Å². The van der Waals surface area contributed by atoms with Crippen LogP contribution in [0.3, 0.4) is 0 Å². The summed E-state index contributed by atoms with van der Waals surface area (Å²) in [5.74, 6) is 1.62. The third kappa shape index (κ3) is 4.46. The Morgan fingerprint density at radius 2 is 2.24 bits per heavy atom. The van der Waals surface area contributed by atoms with Gasteiger partial charge < -0.3 is 9.42 Å². The highest BCUT2D eigenvalue weighted by atomic mass is 32.1. The lowest BCUT2D eigenvalue weighted by Gasteiger charge is -2.25. The van der Waals surface area contributed by atoms with Gasteiger partial charge in [-0.05, 0) is 31.2 Å². The van der Waals surface area contributed by atoms with E-state index in [4.69, 9.17) is 4.52 Å². The van der Waals surface area contributed by atoms with Crippen LogP contribution in [0.1, 0.15) is 61.2 Å². The maximum atomic E-state index is 12.5. The van der Waals surface area contributed by atoms with Crippen LogP contribution in [0.5, 0.6) is 0 Å². The number of hydrogen-bond acceptors (Lipinski definition) is 6. The third-order valence-electron chi connectivity index (χ3n) is 4.73. The number of aryl methyl sites for hydroxylation is 1. The van der Waals surface area contributed by atoms with Gasteiger partial charge in [-0.2, -0.15) is 16.3 Å². The van der Waals surface area contributed by atoms with Gasteiger partial charge in [0.15, 0.2) is 5.82 Å². The summed E-state index contributed by atoms with van der Waals surface area (Å²) in [7, 11) is 0. The van der Waals surface area contributed by atoms with Gasteiger partial charge in [0.1, 0.15) is 0 Å². The summed E-state index contributed by atoms with van der Waals surface area (Å²) in [6.07, 6.45) is 4.03. The molecule has 0 saturated carbocycles. The molecule has 3 rings (SSSR count). The zero-order valence-electron chi connectivity index (χ0n) is 15.0. The second-order valence-electron chi connectivity index (χ2n) is 6.52. The highest BCUT2D eigenvalue weighted by Gasteiger charge is 2.26. The molecule has 1 atom stereocenters. The predicted molar refractivity (Wildman–Crippen MR) is 97.7 cm³/mol. The number of hydrogen-bond donors (Lipinski definition) is 0. The van der Waals surface area contributed by atoms with Crippen LogP contribution in [0.15, 0.2) is 21.3 Å². The Balaban J connectivity index is 1.58. The zero-order chi connectivity index (χ0) is 17.6. The molecule has 2 aromatic rings. The number of unbranched alkanes of at least 4 members (excludes halogenated alkanes) is 1. The molecular weight excluding hydrogens is 336 g/mol. The lowest BCUT2D eigenvalue weighted by molar-refractivity contribution is 0.0757. The molecule has 0 spiro atoms. The molecule has 0 aliphatic carbocycles. The van der Waals surface area contributed by atoms with Crippen LogP contribution < -0.4 is 0 Å². The largest absolute Gasteiger partial charge is 0.338 e. The number of carbonyl (C=O) groups excluding carboxylic acids is 1. The van der Waals surface area contributed by atoms with E-state index < -0.39 is 0 Å². The van der Waals surface area contributed by atoms with Gasteiger partial charge in [-0.15, -0.1) is 0 Å². The molecule has 7 heteroatoms. The first-order valence-corrected chi connectivity index (χ1v) is 10.0. The molecule has 1 unspecified atom stereocenters. The van der Waals surface area contributed by atoms with Crippen LogP contribution >= 0.6 is 11.3 Å². The lowest BCUT2D eigenvalue weighted by Crippen LogP contribution is -2.35. The predicted octanol–water partition coefficient (Wildman–Crippen LogP) is 3.38. The average Bonchev–Trinajstić information content (AvgIpc) is 3.26. The van der Waals surface area contributed by atoms with E-state index in [1.807, 2.05) is 21.7 Å². The Kier molecular flexibility index (Phi) is 6.20. The molecule has 0 aromatic carbocycles. The normalized spacial score (nSPS) is 17.4. The highest BCUT2D eigenvalue weighted by molar-refractivity contribution is 7.08. The number of carbonyl (C=O) groups is 1. The van der Waals surface area contributed by atoms with Crippen molar-refractivity contribution < 1.29 is 9.32 Å². The first-order chi connectivity index (χ1) is 12.2. The molecule has 1 fully saturated rings. The fraction of sp³-hybridized carbons (Fsp3) is 0.611. The van der Waals surface area contributed by atoms with Crippen molar-refractivity contribution in [2.75, 3.05) is 26.2 Å². The minimum atomic E-state index is 0.0825. The van der Waals surface area contributed by atoms with E-state index in [-0.39, 0.29) is 11.9 Å². The third-order valence-corrected chi connectivity index (χ3v) is 5.41. The van der Waals surface area contributed by atoms with E-state index >= 15 is 0 Å². The topological polar surface area (TPSA) is 62.5 Å². The van der Waals surface area contributed by atoms with Crippen molar-refractivity contribution in [2.45, 2.75) is 45.6 Å². The van der Waals surface area contributed by atoms with E-state index in [1.54, 1.807) is 11.3 Å². The monoisotopic (exact) mass is 362 g/mol. The second-order valence-corrected chi connectivity index (χ2v) is 7.30. The van der Waals surface area contributed by atoms with Crippen LogP contribution in [-0.2, 0) is 6.42 Å². The van der Waals surface area contributed by atoms with Crippen LogP contribution in [0, 0.1) is 0 Å². The van der Waals surface area contributed by atoms with Gasteiger partial charge in [-0.25, -0.2) is 0 Å². The smallest absolute Gasteiger partial charge is 0.254 e. The fourth-order valence-electron chi connectivity index (χ4n) is 3.13. The summed E-state index contributed by atoms with van der Waals surface area (Å²) in [6, 6.07) is 1.98. The fourth-order valence-corrected chi connectivity index (χ4v) is 3.76. The van der Waals surface area contributed by atoms with Gasteiger partial charge in [0, 0.05) is 38.0 Å². The van der Waals surface area contributed by atoms with Crippen LogP contribution in [0.2, 0.25) is 0 Å². The molecule has 1 aliphatic rings. The van der Waals surface area contributed by atoms with Crippen molar-refractivity contribution in [1.29, 1.82) is 0 Å². The maximum Gasteiger partial charge on any atom is 0.254 e. The molecule has 136 valence electrons. The summed E-state index contributed by atoms with van der Waals surface area (Å²) >= 11 is 1.56. The Morgan fingerprint density at radius 3 is 3.00 bits per heavy atom. The van der Waals surface area contributed by atoms with Gasteiger partial charge in [0.05, 0.1) is 11.6 Å². The Bertz CT molecular complexity index is 670. The first kappa shape index (κ1) is 18.1. The van der Waals surface area contributed by atoms with Crippen molar-refractivity contribution in [3.63, 3.8) is 0 Å². The quantitative estimate of drug-likeness (QED) is 0.788. The molecule has 25 heavy (non-hydrogen) atoms. The van der Waals surface area contributed by atoms with Gasteiger partial charge in [0.25, 0.3) is 5.91 Å². The molecule has 1 aliphatic heterocycles. The van der Waals surface area contributed by atoms with Gasteiger partial charge in [0.2, 0.25) is 5.89 Å². The molecule has 1 amide bonds. The average molecular weight is 362 g/mol. The Morgan fingerprint density at radius 1 is 1.36 bits per heavy atom. The second kappa shape index (κ2) is 8.58. The minimum absolute atomic E-state index is 0.0825. The van der Waals surface area contributed by atoms with E-state index in [9.17, 15) is 4.79 Å². The SMILES string of the molecule is CCCCc1noc(C(C)N2CCCN(C(=O)c3ccsc3)CC2)n1. The molecule has 0 N–H and O–H groups in total. The number of thiophene rings is 1. The summed E-state index contributed by atoms with van der Waals surface area (Å²) in [4.78, 5) is 21.4. The van der Waals surface area contributed by atoms with E-state index in [0.717, 1.165) is 63.3 Å². The van der Waals surface area contributed by atoms with Gasteiger partial charge in [-0.3, -0.25) is 9.69 Å². The van der Waals surface area contributed by atoms with E-state index in [1.165, 1.54) is 0 Å². The highest BCUT2D eigenvalue weighted by Crippen LogP contribution is 2.21. The van der Waals surface area contributed by atoms with Gasteiger partial charge in [-0.1, -0.05) is 18.5 Å². The Labute approximate surface area is 152 Å². The van der Waals surface area contributed by atoms with E-state index in [2.05, 4.69) is 28.9 Å². The molecule has 6 nitrogen and oxygen atoms in total. The number of nitrogens with zero attached hydrogens (tertiary/aromatic N) is 4. The summed E-state index contributed by atoms with van der Waals surface area (Å²) in [6.45, 7) is 7.54. The van der Waals surface area contributed by atoms with Crippen LogP contribution in [-0.4, -0.2) is 52.0 Å². The standard InChI is InChI=1S/C18H26N4O2S/c1-3-4-6-16-19-17(24-20-16)14(2)21-8-5-9-22(11-10-21)18(23)15-7-12-25-13-15/h7,12-14H,3-6,8-11H2,1-2H3. The lowest BCUT2D eigenvalue weighted by atomic mass is 10.2. The van der Waals surface area contributed by atoms with Crippen molar-refractivity contribution in [3.05, 3.63) is 34.1 Å². The summed E-state index contributed by atoms with van der Waals surface area (Å²) in [5, 5.41) is 7.96. The van der Waals surface area contributed by atoms with Crippen LogP contribution in [0.4, 0.5) is 0 Å². The Hall–Kier alpha value is -1.73. The van der Waals surface area contributed by atoms with Crippen LogP contribution in [0.25, 0.3) is 0 Å². The van der Waals surface area contributed by atoms with Crippen molar-refractivity contribution >= 4 is 17.2 Å². The number of amides is 1. The molecule has 0 radical (unpaired) electrons. The molecular formula is C18H26N4O2S. The first-order valence-electron chi connectivity index (χ1n) is 9.07. The number of aromatic nitrogens is 2. The van der Waals surface area contributed by atoms with Crippen molar-refractivity contribution in [2.24, 2.45) is 0 Å². The molecule has 0 bridgehead atoms. The minimum Gasteiger partial charge on any atom is -0.338 e. The molecule has 2 aromatic heterocycles. The summed E-state index contributed by atoms with van der Waals surface area (Å²) < 4.78 is 5.47. The van der Waals surface area contributed by atoms with Crippen molar-refractivity contribution in [3.8, 4) is 0 Å². The van der Waals surface area contributed by atoms with Crippen molar-refractivity contribution in [1.82, 2.24) is 19.9 Å².